The Morgan fingerprint density at radius 2 is 1.85 bits per heavy atom. The van der Waals surface area contributed by atoms with Crippen LogP contribution in [0.2, 0.25) is 0 Å². The van der Waals surface area contributed by atoms with E-state index in [9.17, 15) is 9.59 Å². The molecule has 0 unspecified atom stereocenters. The molecular formula is C25H32N6O3. The third-order valence-corrected chi connectivity index (χ3v) is 6.23. The Balaban J connectivity index is 1.32. The van der Waals surface area contributed by atoms with Gasteiger partial charge in [0.2, 0.25) is 0 Å². The van der Waals surface area contributed by atoms with E-state index < -0.39 is 0 Å². The summed E-state index contributed by atoms with van der Waals surface area (Å²) in [7, 11) is 7.12. The predicted molar refractivity (Wildman–Crippen MR) is 131 cm³/mol. The number of rotatable bonds is 6. The first-order valence-electron chi connectivity index (χ1n) is 11.4. The predicted octanol–water partition coefficient (Wildman–Crippen LogP) is 2.31. The van der Waals surface area contributed by atoms with Crippen molar-refractivity contribution >= 4 is 23.0 Å². The van der Waals surface area contributed by atoms with Crippen LogP contribution in [-0.2, 0) is 20.1 Å². The van der Waals surface area contributed by atoms with Gasteiger partial charge in [0.05, 0.1) is 24.7 Å². The second-order valence-electron chi connectivity index (χ2n) is 8.76. The lowest BCUT2D eigenvalue weighted by Crippen LogP contribution is -2.51. The Kier molecular flexibility index (Phi) is 7.02. The van der Waals surface area contributed by atoms with Gasteiger partial charge in [-0.2, -0.15) is 0 Å². The Hall–Kier alpha value is -3.59. The summed E-state index contributed by atoms with van der Waals surface area (Å²) < 4.78 is 7.32. The van der Waals surface area contributed by atoms with E-state index in [1.165, 1.54) is 0 Å². The number of piperazine rings is 1. The van der Waals surface area contributed by atoms with Crippen LogP contribution < -0.4 is 10.1 Å². The maximum Gasteiger partial charge on any atom is 0.317 e. The van der Waals surface area contributed by atoms with Crippen LogP contribution in [0.3, 0.4) is 0 Å². The summed E-state index contributed by atoms with van der Waals surface area (Å²) in [5.74, 6) is 1.69. The van der Waals surface area contributed by atoms with Crippen LogP contribution in [0, 0.1) is 0 Å². The van der Waals surface area contributed by atoms with E-state index in [2.05, 4.69) is 14.8 Å². The molecule has 1 aliphatic heterocycles. The molecule has 0 aliphatic carbocycles. The summed E-state index contributed by atoms with van der Waals surface area (Å²) in [5, 5.41) is 3.00. The molecule has 4 rings (SSSR count). The molecule has 9 nitrogen and oxygen atoms in total. The summed E-state index contributed by atoms with van der Waals surface area (Å²) in [6.45, 7) is 4.04. The minimum atomic E-state index is -0.0525. The summed E-state index contributed by atoms with van der Waals surface area (Å²) in [6.07, 6.45) is 0. The fourth-order valence-corrected chi connectivity index (χ4v) is 4.16. The molecule has 0 spiro atoms. The molecule has 3 aromatic rings. The van der Waals surface area contributed by atoms with Gasteiger partial charge in [0.25, 0.3) is 5.91 Å². The molecule has 1 fully saturated rings. The monoisotopic (exact) mass is 464 g/mol. The fourth-order valence-electron chi connectivity index (χ4n) is 4.16. The van der Waals surface area contributed by atoms with E-state index in [1.54, 1.807) is 26.1 Å². The lowest BCUT2D eigenvalue weighted by Gasteiger charge is -2.34. The highest BCUT2D eigenvalue weighted by Crippen LogP contribution is 2.19. The van der Waals surface area contributed by atoms with Crippen molar-refractivity contribution in [1.82, 2.24) is 29.6 Å². The van der Waals surface area contributed by atoms with Gasteiger partial charge in [-0.05, 0) is 35.9 Å². The van der Waals surface area contributed by atoms with E-state index in [0.29, 0.717) is 31.7 Å². The first-order valence-corrected chi connectivity index (χ1v) is 11.4. The molecule has 0 atom stereocenters. The summed E-state index contributed by atoms with van der Waals surface area (Å²) in [4.78, 5) is 35.4. The Labute approximate surface area is 199 Å². The van der Waals surface area contributed by atoms with Gasteiger partial charge in [0.15, 0.2) is 0 Å². The van der Waals surface area contributed by atoms with Crippen molar-refractivity contribution in [2.24, 2.45) is 7.05 Å². The van der Waals surface area contributed by atoms with Crippen molar-refractivity contribution in [2.45, 2.75) is 13.1 Å². The quantitative estimate of drug-likeness (QED) is 0.605. The van der Waals surface area contributed by atoms with Crippen LogP contribution in [0.1, 0.15) is 21.7 Å². The van der Waals surface area contributed by atoms with Crippen LogP contribution in [0.4, 0.5) is 4.79 Å². The number of amides is 3. The maximum absolute atomic E-state index is 12.6. The number of carbonyl (C=O) groups is 2. The van der Waals surface area contributed by atoms with E-state index in [-0.39, 0.29) is 11.9 Å². The highest BCUT2D eigenvalue weighted by molar-refractivity contribution is 5.97. The maximum atomic E-state index is 12.6. The van der Waals surface area contributed by atoms with E-state index >= 15 is 0 Å². The molecule has 180 valence electrons. The van der Waals surface area contributed by atoms with Gasteiger partial charge in [-0.15, -0.1) is 0 Å². The van der Waals surface area contributed by atoms with Crippen LogP contribution in [0.5, 0.6) is 5.75 Å². The molecule has 1 saturated heterocycles. The number of nitrogens with zero attached hydrogens (tertiary/aromatic N) is 5. The van der Waals surface area contributed by atoms with Gasteiger partial charge < -0.3 is 24.4 Å². The van der Waals surface area contributed by atoms with Gasteiger partial charge in [-0.25, -0.2) is 9.78 Å². The third-order valence-electron chi connectivity index (χ3n) is 6.23. The smallest absolute Gasteiger partial charge is 0.317 e. The van der Waals surface area contributed by atoms with E-state index in [1.807, 2.05) is 54.4 Å². The van der Waals surface area contributed by atoms with Gasteiger partial charge >= 0.3 is 6.03 Å². The highest BCUT2D eigenvalue weighted by Gasteiger charge is 2.22. The average molecular weight is 465 g/mol. The second kappa shape index (κ2) is 10.1. The minimum absolute atomic E-state index is 0.0325. The summed E-state index contributed by atoms with van der Waals surface area (Å²) in [5.41, 5.74) is 3.46. The Bertz CT molecular complexity index is 1180. The largest absolute Gasteiger partial charge is 0.497 e. The average Bonchev–Trinajstić information content (AvgIpc) is 3.16. The summed E-state index contributed by atoms with van der Waals surface area (Å²) >= 11 is 0. The number of hydrogen-bond acceptors (Lipinski definition) is 5. The van der Waals surface area contributed by atoms with Gasteiger partial charge in [0, 0.05) is 59.4 Å². The number of nitrogens with one attached hydrogen (secondary N) is 1. The Morgan fingerprint density at radius 3 is 2.56 bits per heavy atom. The molecule has 1 N–H and O–H groups in total. The van der Waals surface area contributed by atoms with Crippen molar-refractivity contribution in [2.75, 3.05) is 47.4 Å². The third kappa shape index (κ3) is 5.14. The summed E-state index contributed by atoms with van der Waals surface area (Å²) in [6, 6.07) is 13.3. The van der Waals surface area contributed by atoms with Crippen molar-refractivity contribution < 1.29 is 14.3 Å². The molecule has 0 bridgehead atoms. The first kappa shape index (κ1) is 23.6. The van der Waals surface area contributed by atoms with Crippen molar-refractivity contribution in [3.8, 4) is 5.75 Å². The topological polar surface area (TPSA) is 82.9 Å². The van der Waals surface area contributed by atoms with Gasteiger partial charge in [0.1, 0.15) is 11.6 Å². The number of hydrogen-bond donors (Lipinski definition) is 1. The molecule has 1 aromatic heterocycles. The van der Waals surface area contributed by atoms with Gasteiger partial charge in [-0.3, -0.25) is 9.69 Å². The van der Waals surface area contributed by atoms with Crippen molar-refractivity contribution in [3.05, 3.63) is 59.4 Å². The standard InChI is InChI=1S/C25H32N6O3/c1-28(2)24(32)19-8-9-22-21(15-19)27-23(29(22)3)17-30-10-12-31(13-11-30)25(33)26-16-18-6-5-7-20(14-18)34-4/h5-9,14-15H,10-13,16-17H2,1-4H3,(H,26,33). The zero-order chi connectivity index (χ0) is 24.2. The van der Waals surface area contributed by atoms with Gasteiger partial charge in [-0.1, -0.05) is 12.1 Å². The SMILES string of the molecule is COc1cccc(CNC(=O)N2CCN(Cc3nc4cc(C(=O)N(C)C)ccc4n3C)CC2)c1. The molecule has 34 heavy (non-hydrogen) atoms. The van der Waals surface area contributed by atoms with Crippen LogP contribution in [0.15, 0.2) is 42.5 Å². The molecule has 0 radical (unpaired) electrons. The first-order chi connectivity index (χ1) is 16.4. The molecule has 1 aliphatic rings. The number of aromatic nitrogens is 2. The van der Waals surface area contributed by atoms with Crippen LogP contribution in [-0.4, -0.2) is 83.6 Å². The lowest BCUT2D eigenvalue weighted by molar-refractivity contribution is 0.0827. The van der Waals surface area contributed by atoms with Crippen molar-refractivity contribution in [1.29, 1.82) is 0 Å². The minimum Gasteiger partial charge on any atom is -0.497 e. The number of aryl methyl sites for hydroxylation is 1. The Morgan fingerprint density at radius 1 is 1.09 bits per heavy atom. The zero-order valence-electron chi connectivity index (χ0n) is 20.2. The molecule has 2 aromatic carbocycles. The molecule has 3 amide bonds. The molecular weight excluding hydrogens is 432 g/mol. The van der Waals surface area contributed by atoms with E-state index in [4.69, 9.17) is 9.72 Å². The normalized spacial score (nSPS) is 14.3. The fraction of sp³-hybridized carbons (Fsp3) is 0.400. The van der Waals surface area contributed by atoms with Crippen LogP contribution >= 0.6 is 0 Å². The zero-order valence-corrected chi connectivity index (χ0v) is 20.2. The number of carbonyl (C=O) groups excluding carboxylic acids is 2. The molecule has 2 heterocycles. The molecule has 0 saturated carbocycles. The number of imidazole rings is 1. The number of ether oxygens (including phenoxy) is 1. The highest BCUT2D eigenvalue weighted by atomic mass is 16.5. The van der Waals surface area contributed by atoms with E-state index in [0.717, 1.165) is 41.3 Å². The molecule has 9 heteroatoms. The van der Waals surface area contributed by atoms with Crippen LogP contribution in [0.25, 0.3) is 11.0 Å². The number of methoxy groups -OCH3 is 1. The lowest BCUT2D eigenvalue weighted by atomic mass is 10.2. The second-order valence-corrected chi connectivity index (χ2v) is 8.76. The number of fused-ring (bicyclic) bond motifs is 1. The number of urea groups is 1. The number of benzene rings is 2. The van der Waals surface area contributed by atoms with Crippen molar-refractivity contribution in [3.63, 3.8) is 0 Å².